The number of hydrogen-bond donors (Lipinski definition) is 3. The number of imidazole rings is 1. The highest BCUT2D eigenvalue weighted by molar-refractivity contribution is 6.10. The van der Waals surface area contributed by atoms with E-state index in [0.29, 0.717) is 17.6 Å². The summed E-state index contributed by atoms with van der Waals surface area (Å²) in [7, 11) is 0. The maximum Gasteiger partial charge on any atom is 0.417 e. The molecule has 1 fully saturated rings. The van der Waals surface area contributed by atoms with Crippen LogP contribution in [0.3, 0.4) is 0 Å². The van der Waals surface area contributed by atoms with Crippen LogP contribution in [-0.4, -0.2) is 46.4 Å². The number of aromatic amines is 2. The summed E-state index contributed by atoms with van der Waals surface area (Å²) in [4.78, 5) is 25.9. The van der Waals surface area contributed by atoms with Gasteiger partial charge in [-0.15, -0.1) is 12.4 Å². The maximum absolute atomic E-state index is 13.3. The van der Waals surface area contributed by atoms with Gasteiger partial charge in [0.05, 0.1) is 22.3 Å². The number of rotatable bonds is 4. The summed E-state index contributed by atoms with van der Waals surface area (Å²) in [5, 5.41) is 3.42. The summed E-state index contributed by atoms with van der Waals surface area (Å²) in [6, 6.07) is 12.7. The average Bonchev–Trinajstić information content (AvgIpc) is 3.45. The molecule has 0 radical (unpaired) electrons. The second-order valence-electron chi connectivity index (χ2n) is 8.26. The molecule has 2 aromatic heterocycles. The molecule has 0 aliphatic carbocycles. The van der Waals surface area contributed by atoms with Crippen LogP contribution in [0.4, 0.5) is 18.9 Å². The molecule has 0 unspecified atom stereocenters. The fraction of sp³-hybridized carbons (Fsp3) is 0.250. The molecule has 1 atom stereocenters. The SMILES string of the molecule is C[C@@H]1CN(c2ccc3nc(-c4cc(C(=O)c5ccccc5C(F)(F)F)c[nH]4)[nH]c3c2)CCN1.Cl. The van der Waals surface area contributed by atoms with Crippen LogP contribution < -0.4 is 10.2 Å². The lowest BCUT2D eigenvalue weighted by Gasteiger charge is -2.33. The molecule has 34 heavy (non-hydrogen) atoms. The highest BCUT2D eigenvalue weighted by Gasteiger charge is 2.35. The highest BCUT2D eigenvalue weighted by Crippen LogP contribution is 2.33. The molecule has 2 aromatic carbocycles. The van der Waals surface area contributed by atoms with Crippen LogP contribution in [0.1, 0.15) is 28.4 Å². The van der Waals surface area contributed by atoms with Crippen LogP contribution in [0.2, 0.25) is 0 Å². The number of H-pyrrole nitrogens is 2. The van der Waals surface area contributed by atoms with Crippen molar-refractivity contribution in [1.82, 2.24) is 20.3 Å². The number of alkyl halides is 3. The standard InChI is InChI=1S/C24H22F3N5O.ClH/c1-14-13-32(9-8-28-14)16-6-7-19-20(11-16)31-23(30-19)21-10-15(12-29-21)22(33)17-4-2-3-5-18(17)24(25,26)27;/h2-7,10-12,14,28-29H,8-9,13H2,1H3,(H,30,31);1H/t14-;/m1./s1. The minimum atomic E-state index is -4.61. The van der Waals surface area contributed by atoms with E-state index in [1.54, 1.807) is 0 Å². The van der Waals surface area contributed by atoms with Crippen molar-refractivity contribution in [2.45, 2.75) is 19.1 Å². The Morgan fingerprint density at radius 3 is 2.71 bits per heavy atom. The van der Waals surface area contributed by atoms with Gasteiger partial charge in [0.1, 0.15) is 0 Å². The van der Waals surface area contributed by atoms with Crippen LogP contribution >= 0.6 is 12.4 Å². The van der Waals surface area contributed by atoms with Crippen molar-refractivity contribution < 1.29 is 18.0 Å². The smallest absolute Gasteiger partial charge is 0.369 e. The van der Waals surface area contributed by atoms with Gasteiger partial charge >= 0.3 is 6.18 Å². The molecule has 0 amide bonds. The van der Waals surface area contributed by atoms with E-state index in [1.165, 1.54) is 30.5 Å². The first-order valence-corrected chi connectivity index (χ1v) is 10.7. The summed E-state index contributed by atoms with van der Waals surface area (Å²) in [6.07, 6.45) is -3.20. The van der Waals surface area contributed by atoms with Gasteiger partial charge in [0.25, 0.3) is 0 Å². The number of hydrogen-bond acceptors (Lipinski definition) is 4. The van der Waals surface area contributed by atoms with Crippen molar-refractivity contribution >= 4 is 34.9 Å². The zero-order chi connectivity index (χ0) is 23.2. The third-order valence-corrected chi connectivity index (χ3v) is 5.88. The first kappa shape index (κ1) is 23.8. The normalized spacial score (nSPS) is 16.5. The number of carbonyl (C=O) groups is 1. The molecular weight excluding hydrogens is 467 g/mol. The number of halogens is 4. The number of carbonyl (C=O) groups excluding carboxylic acids is 1. The molecule has 4 aromatic rings. The zero-order valence-corrected chi connectivity index (χ0v) is 19.1. The van der Waals surface area contributed by atoms with Crippen LogP contribution in [0.5, 0.6) is 0 Å². The molecule has 10 heteroatoms. The molecule has 1 saturated heterocycles. The molecule has 1 aliphatic heterocycles. The number of ketones is 1. The molecular formula is C24H23ClF3N5O. The Balaban J connectivity index is 0.00000274. The van der Waals surface area contributed by atoms with E-state index < -0.39 is 17.5 Å². The molecule has 178 valence electrons. The van der Waals surface area contributed by atoms with Gasteiger partial charge in [-0.3, -0.25) is 4.79 Å². The van der Waals surface area contributed by atoms with Gasteiger partial charge in [-0.05, 0) is 37.3 Å². The Bertz CT molecular complexity index is 1330. The van der Waals surface area contributed by atoms with Crippen LogP contribution in [0, 0.1) is 0 Å². The molecule has 3 heterocycles. The largest absolute Gasteiger partial charge is 0.417 e. The highest BCUT2D eigenvalue weighted by atomic mass is 35.5. The first-order chi connectivity index (χ1) is 15.8. The fourth-order valence-corrected chi connectivity index (χ4v) is 4.23. The van der Waals surface area contributed by atoms with Gasteiger partial charge in [0.15, 0.2) is 11.6 Å². The van der Waals surface area contributed by atoms with Gasteiger partial charge < -0.3 is 20.2 Å². The van der Waals surface area contributed by atoms with Gasteiger partial charge in [-0.2, -0.15) is 13.2 Å². The number of benzene rings is 2. The molecule has 6 nitrogen and oxygen atoms in total. The third-order valence-electron chi connectivity index (χ3n) is 5.88. The number of fused-ring (bicyclic) bond motifs is 1. The Morgan fingerprint density at radius 1 is 1.15 bits per heavy atom. The monoisotopic (exact) mass is 489 g/mol. The predicted octanol–water partition coefficient (Wildman–Crippen LogP) is 5.03. The summed E-state index contributed by atoms with van der Waals surface area (Å²) in [6.45, 7) is 4.90. The van der Waals surface area contributed by atoms with E-state index in [2.05, 4.69) is 32.1 Å². The van der Waals surface area contributed by atoms with Crippen LogP contribution in [-0.2, 0) is 6.18 Å². The molecule has 1 aliphatic rings. The molecule has 3 N–H and O–H groups in total. The second kappa shape index (κ2) is 9.15. The number of piperazine rings is 1. The zero-order valence-electron chi connectivity index (χ0n) is 18.2. The van der Waals surface area contributed by atoms with Crippen molar-refractivity contribution in [2.75, 3.05) is 24.5 Å². The number of nitrogens with one attached hydrogen (secondary N) is 3. The summed E-state index contributed by atoms with van der Waals surface area (Å²) < 4.78 is 40.0. The van der Waals surface area contributed by atoms with Crippen molar-refractivity contribution in [3.05, 3.63) is 71.4 Å². The van der Waals surface area contributed by atoms with Crippen molar-refractivity contribution in [1.29, 1.82) is 0 Å². The van der Waals surface area contributed by atoms with Crippen molar-refractivity contribution in [2.24, 2.45) is 0 Å². The lowest BCUT2D eigenvalue weighted by molar-refractivity contribution is -0.137. The Kier molecular flexibility index (Phi) is 6.42. The maximum atomic E-state index is 13.3. The summed E-state index contributed by atoms with van der Waals surface area (Å²) in [5.41, 5.74) is 2.04. The van der Waals surface area contributed by atoms with E-state index in [0.717, 1.165) is 42.4 Å². The first-order valence-electron chi connectivity index (χ1n) is 10.7. The van der Waals surface area contributed by atoms with E-state index in [1.807, 2.05) is 18.2 Å². The van der Waals surface area contributed by atoms with E-state index in [4.69, 9.17) is 0 Å². The fourth-order valence-electron chi connectivity index (χ4n) is 4.23. The summed E-state index contributed by atoms with van der Waals surface area (Å²) >= 11 is 0. The van der Waals surface area contributed by atoms with Crippen LogP contribution in [0.15, 0.2) is 54.7 Å². The van der Waals surface area contributed by atoms with Gasteiger partial charge in [-0.1, -0.05) is 18.2 Å². The van der Waals surface area contributed by atoms with Crippen LogP contribution in [0.25, 0.3) is 22.6 Å². The molecule has 5 rings (SSSR count). The molecule has 0 spiro atoms. The van der Waals surface area contributed by atoms with Gasteiger partial charge in [0.2, 0.25) is 0 Å². The second-order valence-corrected chi connectivity index (χ2v) is 8.26. The minimum absolute atomic E-state index is 0. The number of anilines is 1. The van der Waals surface area contributed by atoms with Gasteiger partial charge in [0, 0.05) is 48.7 Å². The van der Waals surface area contributed by atoms with E-state index >= 15 is 0 Å². The molecule has 0 saturated carbocycles. The average molecular weight is 490 g/mol. The number of nitrogens with zero attached hydrogens (tertiary/aromatic N) is 2. The van der Waals surface area contributed by atoms with Crippen molar-refractivity contribution in [3.8, 4) is 11.5 Å². The topological polar surface area (TPSA) is 76.8 Å². The van der Waals surface area contributed by atoms with E-state index in [9.17, 15) is 18.0 Å². The predicted molar refractivity (Wildman–Crippen MR) is 128 cm³/mol. The lowest BCUT2D eigenvalue weighted by atomic mass is 9.99. The van der Waals surface area contributed by atoms with E-state index in [-0.39, 0.29) is 23.5 Å². The minimum Gasteiger partial charge on any atom is -0.369 e. The Morgan fingerprint density at radius 2 is 1.94 bits per heavy atom. The van der Waals surface area contributed by atoms with Gasteiger partial charge in [-0.25, -0.2) is 4.98 Å². The third kappa shape index (κ3) is 4.53. The summed E-state index contributed by atoms with van der Waals surface area (Å²) in [5.74, 6) is -0.185. The quantitative estimate of drug-likeness (QED) is 0.351. The Hall–Kier alpha value is -3.30. The molecule has 0 bridgehead atoms. The number of aromatic nitrogens is 3. The van der Waals surface area contributed by atoms with Crippen molar-refractivity contribution in [3.63, 3.8) is 0 Å². The lowest BCUT2D eigenvalue weighted by Crippen LogP contribution is -2.49. The Labute approximate surface area is 200 Å².